The summed E-state index contributed by atoms with van der Waals surface area (Å²) in [7, 11) is -2.46. The zero-order valence-corrected chi connectivity index (χ0v) is 19.7. The van der Waals surface area contributed by atoms with Crippen LogP contribution < -0.4 is 10.4 Å². The highest BCUT2D eigenvalue weighted by molar-refractivity contribution is 6.89. The van der Waals surface area contributed by atoms with Crippen molar-refractivity contribution in [3.63, 3.8) is 0 Å². The Bertz CT molecular complexity index is 622. The van der Waals surface area contributed by atoms with Crippen LogP contribution >= 0.6 is 0 Å². The van der Waals surface area contributed by atoms with E-state index in [-0.39, 0.29) is 13.6 Å². The van der Waals surface area contributed by atoms with Crippen molar-refractivity contribution in [3.05, 3.63) is 59.7 Å². The molecule has 0 fully saturated rings. The smallest absolute Gasteiger partial charge is 0.150 e. The van der Waals surface area contributed by atoms with Crippen molar-refractivity contribution in [2.75, 3.05) is 13.6 Å². The molecule has 2 rings (SSSR count). The normalized spacial score (nSPS) is 12.4. The molecule has 5 heteroatoms. The minimum atomic E-state index is -1.23. The van der Waals surface area contributed by atoms with E-state index < -0.39 is 16.1 Å². The van der Waals surface area contributed by atoms with E-state index in [9.17, 15) is 0 Å². The molecule has 0 amide bonds. The highest BCUT2D eigenvalue weighted by Gasteiger charge is 2.16. The van der Waals surface area contributed by atoms with Gasteiger partial charge < -0.3 is 14.2 Å². The van der Waals surface area contributed by atoms with E-state index in [1.54, 1.807) is 0 Å². The molecule has 0 heterocycles. The molecule has 0 aliphatic carbocycles. The van der Waals surface area contributed by atoms with Crippen LogP contribution in [-0.2, 0) is 27.4 Å². The number of rotatable bonds is 10. The minimum Gasteiger partial charge on any atom is -0.351 e. The van der Waals surface area contributed by atoms with Crippen LogP contribution in [0.3, 0.4) is 0 Å². The first-order chi connectivity index (χ1) is 12.7. The molecule has 0 saturated heterocycles. The van der Waals surface area contributed by atoms with Crippen molar-refractivity contribution in [2.45, 2.75) is 52.5 Å². The summed E-state index contributed by atoms with van der Waals surface area (Å²) in [6, 6.07) is 17.5. The third-order valence-corrected chi connectivity index (χ3v) is 8.64. The van der Waals surface area contributed by atoms with Crippen LogP contribution in [0.4, 0.5) is 0 Å². The summed E-state index contributed by atoms with van der Waals surface area (Å²) in [5.41, 5.74) is 2.34. The second-order valence-corrected chi connectivity index (χ2v) is 19.2. The topological polar surface area (TPSA) is 27.7 Å². The Morgan fingerprint density at radius 2 is 0.852 bits per heavy atom. The van der Waals surface area contributed by atoms with E-state index >= 15 is 0 Å². The molecule has 2 aromatic carbocycles. The third kappa shape index (κ3) is 7.72. The van der Waals surface area contributed by atoms with E-state index in [4.69, 9.17) is 14.2 Å². The van der Waals surface area contributed by atoms with Crippen LogP contribution in [-0.4, -0.2) is 29.7 Å². The quantitative estimate of drug-likeness (QED) is 0.334. The van der Waals surface area contributed by atoms with Gasteiger partial charge in [-0.25, -0.2) is 0 Å². The summed E-state index contributed by atoms with van der Waals surface area (Å²) in [4.78, 5) is 0. The Labute approximate surface area is 166 Å². The van der Waals surface area contributed by atoms with Crippen LogP contribution in [0.25, 0.3) is 0 Å². The molecule has 0 spiro atoms. The maximum Gasteiger partial charge on any atom is 0.150 e. The van der Waals surface area contributed by atoms with Gasteiger partial charge in [-0.15, -0.1) is 0 Å². The van der Waals surface area contributed by atoms with Crippen LogP contribution in [0, 0.1) is 0 Å². The fraction of sp³-hybridized carbons (Fsp3) is 0.455. The Hall–Kier alpha value is -1.25. The molecule has 0 unspecified atom stereocenters. The molecule has 2 aromatic rings. The van der Waals surface area contributed by atoms with Gasteiger partial charge in [0.15, 0.2) is 0 Å². The molecule has 0 atom stereocenters. The van der Waals surface area contributed by atoms with Gasteiger partial charge in [0, 0.05) is 0 Å². The number of hydrogen-bond donors (Lipinski definition) is 0. The molecule has 0 bridgehead atoms. The molecule has 0 aromatic heterocycles. The molecule has 3 nitrogen and oxygen atoms in total. The SMILES string of the molecule is C[Si](C)(C)c1ccc(COCOCOCc2ccc([Si](C)(C)C)cc2)cc1. The Balaban J connectivity index is 1.60. The lowest BCUT2D eigenvalue weighted by Gasteiger charge is -2.17. The lowest BCUT2D eigenvalue weighted by atomic mass is 10.2. The summed E-state index contributed by atoms with van der Waals surface area (Å²) in [6.07, 6.45) is 0. The molecule has 0 radical (unpaired) electrons. The average molecular weight is 403 g/mol. The Morgan fingerprint density at radius 1 is 0.519 bits per heavy atom. The first-order valence-electron chi connectivity index (χ1n) is 9.58. The molecule has 0 N–H and O–H groups in total. The molecular formula is C22H34O3Si2. The van der Waals surface area contributed by atoms with E-state index in [0.717, 1.165) is 0 Å². The van der Waals surface area contributed by atoms with E-state index in [1.807, 2.05) is 0 Å². The average Bonchev–Trinajstić information content (AvgIpc) is 2.60. The largest absolute Gasteiger partial charge is 0.351 e. The van der Waals surface area contributed by atoms with Crippen LogP contribution in [0.5, 0.6) is 0 Å². The maximum absolute atomic E-state index is 5.56. The monoisotopic (exact) mass is 402 g/mol. The van der Waals surface area contributed by atoms with E-state index in [2.05, 4.69) is 87.8 Å². The molecule has 0 aliphatic rings. The third-order valence-electron chi connectivity index (χ3n) is 4.51. The predicted octanol–water partition coefficient (Wildman–Crippen LogP) is 4.44. The van der Waals surface area contributed by atoms with Crippen molar-refractivity contribution < 1.29 is 14.2 Å². The predicted molar refractivity (Wildman–Crippen MR) is 119 cm³/mol. The van der Waals surface area contributed by atoms with Gasteiger partial charge in [0.25, 0.3) is 0 Å². The van der Waals surface area contributed by atoms with Crippen LogP contribution in [0.2, 0.25) is 39.3 Å². The van der Waals surface area contributed by atoms with Crippen molar-refractivity contribution in [1.29, 1.82) is 0 Å². The zero-order valence-electron chi connectivity index (χ0n) is 17.7. The number of hydrogen-bond acceptors (Lipinski definition) is 3. The van der Waals surface area contributed by atoms with Gasteiger partial charge in [0.05, 0.1) is 29.4 Å². The fourth-order valence-corrected chi connectivity index (χ4v) is 5.01. The van der Waals surface area contributed by atoms with E-state index in [0.29, 0.717) is 13.2 Å². The van der Waals surface area contributed by atoms with Gasteiger partial charge >= 0.3 is 0 Å². The van der Waals surface area contributed by atoms with Gasteiger partial charge in [0.1, 0.15) is 13.6 Å². The van der Waals surface area contributed by atoms with Crippen LogP contribution in [0.1, 0.15) is 11.1 Å². The standard InChI is InChI=1S/C22H34O3Si2/c1-26(2,3)21-11-7-19(8-12-21)15-23-17-25-18-24-16-20-9-13-22(14-10-20)27(4,5)6/h7-14H,15-18H2,1-6H3. The zero-order chi connectivity index (χ0) is 19.9. The second-order valence-electron chi connectivity index (χ2n) is 9.03. The van der Waals surface area contributed by atoms with Crippen LogP contribution in [0.15, 0.2) is 48.5 Å². The minimum absolute atomic E-state index is 0.240. The lowest BCUT2D eigenvalue weighted by molar-refractivity contribution is -0.139. The van der Waals surface area contributed by atoms with E-state index in [1.165, 1.54) is 21.5 Å². The lowest BCUT2D eigenvalue weighted by Crippen LogP contribution is -2.37. The highest BCUT2D eigenvalue weighted by Crippen LogP contribution is 2.07. The summed E-state index contributed by atoms with van der Waals surface area (Å²) >= 11 is 0. The maximum atomic E-state index is 5.56. The van der Waals surface area contributed by atoms with Gasteiger partial charge in [-0.2, -0.15) is 0 Å². The number of ether oxygens (including phenoxy) is 3. The highest BCUT2D eigenvalue weighted by atomic mass is 28.3. The van der Waals surface area contributed by atoms with Crippen molar-refractivity contribution in [3.8, 4) is 0 Å². The molecule has 27 heavy (non-hydrogen) atoms. The van der Waals surface area contributed by atoms with Gasteiger partial charge in [0.2, 0.25) is 0 Å². The first-order valence-corrected chi connectivity index (χ1v) is 16.6. The Kier molecular flexibility index (Phi) is 8.00. The summed E-state index contributed by atoms with van der Waals surface area (Å²) in [5, 5.41) is 2.93. The number of benzene rings is 2. The first kappa shape index (κ1) is 22.0. The summed E-state index contributed by atoms with van der Waals surface area (Å²) in [6.45, 7) is 15.7. The van der Waals surface area contributed by atoms with Crippen molar-refractivity contribution in [2.24, 2.45) is 0 Å². The van der Waals surface area contributed by atoms with Gasteiger partial charge in [-0.3, -0.25) is 0 Å². The summed E-state index contributed by atoms with van der Waals surface area (Å²) in [5.74, 6) is 0. The molecule has 0 aliphatic heterocycles. The molecule has 0 saturated carbocycles. The molecular weight excluding hydrogens is 368 g/mol. The van der Waals surface area contributed by atoms with Crippen molar-refractivity contribution >= 4 is 26.5 Å². The molecule has 148 valence electrons. The van der Waals surface area contributed by atoms with Crippen molar-refractivity contribution in [1.82, 2.24) is 0 Å². The fourth-order valence-electron chi connectivity index (χ4n) is 2.67. The van der Waals surface area contributed by atoms with Gasteiger partial charge in [-0.05, 0) is 11.1 Å². The second kappa shape index (κ2) is 9.80. The Morgan fingerprint density at radius 3 is 1.15 bits per heavy atom. The summed E-state index contributed by atoms with van der Waals surface area (Å²) < 4.78 is 16.5. The van der Waals surface area contributed by atoms with Gasteiger partial charge in [-0.1, -0.05) is 98.2 Å².